The molecule has 7 heteroatoms. The molecule has 0 heterocycles. The van der Waals surface area contributed by atoms with Gasteiger partial charge in [-0.1, -0.05) is 11.6 Å². The summed E-state index contributed by atoms with van der Waals surface area (Å²) in [6.07, 6.45) is 0.174. The third-order valence-electron chi connectivity index (χ3n) is 2.07. The molecule has 0 aromatic heterocycles. The Morgan fingerprint density at radius 3 is 2.83 bits per heavy atom. The summed E-state index contributed by atoms with van der Waals surface area (Å²) in [5, 5.41) is 3.19. The first kappa shape index (κ1) is 14.1. The number of ether oxygens (including phenoxy) is 1. The van der Waals surface area contributed by atoms with Crippen LogP contribution in [0.1, 0.15) is 6.42 Å². The van der Waals surface area contributed by atoms with E-state index in [-0.39, 0.29) is 24.8 Å². The van der Waals surface area contributed by atoms with E-state index in [0.29, 0.717) is 16.5 Å². The number of amides is 1. The lowest BCUT2D eigenvalue weighted by Crippen LogP contribution is -2.23. The van der Waals surface area contributed by atoms with Gasteiger partial charge in [0.2, 0.25) is 5.91 Å². The average molecular weight is 271 g/mol. The molecule has 0 radical (unpaired) electrons. The zero-order valence-corrected chi connectivity index (χ0v) is 10.7. The third kappa shape index (κ3) is 4.50. The molecule has 0 fully saturated rings. The number of rotatable bonds is 5. The van der Waals surface area contributed by atoms with Crippen LogP contribution in [-0.2, 0) is 4.79 Å². The maximum Gasteiger partial charge on any atom is 0.226 e. The van der Waals surface area contributed by atoms with Gasteiger partial charge in [-0.15, -0.1) is 0 Å². The van der Waals surface area contributed by atoms with Crippen LogP contribution in [0.2, 0.25) is 5.02 Å². The van der Waals surface area contributed by atoms with Crippen molar-refractivity contribution < 1.29 is 9.53 Å². The maximum atomic E-state index is 11.6. The maximum absolute atomic E-state index is 11.6. The molecule has 98 valence electrons. The highest BCUT2D eigenvalue weighted by Gasteiger charge is 2.07. The van der Waals surface area contributed by atoms with Gasteiger partial charge in [0.1, 0.15) is 5.75 Å². The van der Waals surface area contributed by atoms with Gasteiger partial charge in [-0.25, -0.2) is 0 Å². The van der Waals surface area contributed by atoms with Gasteiger partial charge in [-0.3, -0.25) is 9.79 Å². The number of nitrogens with zero attached hydrogens (tertiary/aromatic N) is 1. The lowest BCUT2D eigenvalue weighted by Gasteiger charge is -2.10. The van der Waals surface area contributed by atoms with Crippen molar-refractivity contribution in [3.05, 3.63) is 23.2 Å². The van der Waals surface area contributed by atoms with Gasteiger partial charge in [0.25, 0.3) is 0 Å². The van der Waals surface area contributed by atoms with E-state index >= 15 is 0 Å². The number of carbonyl (C=O) groups is 1. The Morgan fingerprint density at radius 2 is 2.22 bits per heavy atom. The molecule has 0 aliphatic heterocycles. The van der Waals surface area contributed by atoms with Crippen LogP contribution in [0.15, 0.2) is 23.2 Å². The monoisotopic (exact) mass is 270 g/mol. The third-order valence-corrected chi connectivity index (χ3v) is 2.30. The summed E-state index contributed by atoms with van der Waals surface area (Å²) in [4.78, 5) is 15.3. The standard InChI is InChI=1S/C11H15ClN4O2/c1-18-9-3-2-7(12)6-8(9)16-10(17)4-5-15-11(13)14/h2-3,6H,4-5H2,1H3,(H,16,17)(H4,13,14,15). The summed E-state index contributed by atoms with van der Waals surface area (Å²) >= 11 is 5.84. The van der Waals surface area contributed by atoms with Gasteiger partial charge in [0.15, 0.2) is 5.96 Å². The number of hydrogen-bond acceptors (Lipinski definition) is 3. The van der Waals surface area contributed by atoms with Gasteiger partial charge in [0, 0.05) is 11.4 Å². The van der Waals surface area contributed by atoms with Gasteiger partial charge in [-0.2, -0.15) is 0 Å². The Bertz CT molecular complexity index is 458. The van der Waals surface area contributed by atoms with Gasteiger partial charge >= 0.3 is 0 Å². The molecule has 0 saturated carbocycles. The fourth-order valence-electron chi connectivity index (χ4n) is 1.28. The van der Waals surface area contributed by atoms with E-state index in [9.17, 15) is 4.79 Å². The summed E-state index contributed by atoms with van der Waals surface area (Å²) < 4.78 is 5.10. The zero-order chi connectivity index (χ0) is 13.5. The number of carbonyl (C=O) groups excluding carboxylic acids is 1. The Labute approximate surface area is 110 Å². The van der Waals surface area contributed by atoms with E-state index in [4.69, 9.17) is 27.8 Å². The van der Waals surface area contributed by atoms with E-state index in [0.717, 1.165) is 0 Å². The van der Waals surface area contributed by atoms with Gasteiger partial charge in [0.05, 0.1) is 19.3 Å². The quantitative estimate of drug-likeness (QED) is 0.547. The molecule has 1 rings (SSSR count). The molecule has 0 spiro atoms. The largest absolute Gasteiger partial charge is 0.495 e. The lowest BCUT2D eigenvalue weighted by atomic mass is 10.2. The number of guanidine groups is 1. The molecule has 5 N–H and O–H groups in total. The molecule has 0 atom stereocenters. The van der Waals surface area contributed by atoms with Crippen molar-refractivity contribution >= 4 is 29.2 Å². The van der Waals surface area contributed by atoms with E-state index in [1.54, 1.807) is 18.2 Å². The number of nitrogens with two attached hydrogens (primary N) is 2. The number of benzene rings is 1. The van der Waals surface area contributed by atoms with Crippen molar-refractivity contribution in [1.82, 2.24) is 0 Å². The van der Waals surface area contributed by atoms with Crippen LogP contribution >= 0.6 is 11.6 Å². The topological polar surface area (TPSA) is 103 Å². The van der Waals surface area contributed by atoms with Crippen molar-refractivity contribution in [3.63, 3.8) is 0 Å². The van der Waals surface area contributed by atoms with Gasteiger partial charge < -0.3 is 21.5 Å². The second-order valence-electron chi connectivity index (χ2n) is 3.45. The minimum Gasteiger partial charge on any atom is -0.495 e. The van der Waals surface area contributed by atoms with Crippen LogP contribution in [0.3, 0.4) is 0 Å². The Morgan fingerprint density at radius 1 is 1.50 bits per heavy atom. The highest BCUT2D eigenvalue weighted by Crippen LogP contribution is 2.27. The average Bonchev–Trinajstić information content (AvgIpc) is 2.28. The molecule has 1 aromatic rings. The van der Waals surface area contributed by atoms with Crippen molar-refractivity contribution in [1.29, 1.82) is 0 Å². The first-order chi connectivity index (χ1) is 8.52. The fourth-order valence-corrected chi connectivity index (χ4v) is 1.45. The summed E-state index contributed by atoms with van der Waals surface area (Å²) in [7, 11) is 1.51. The molecule has 18 heavy (non-hydrogen) atoms. The Balaban J connectivity index is 2.63. The van der Waals surface area contributed by atoms with Crippen molar-refractivity contribution in [3.8, 4) is 5.75 Å². The molecule has 0 bridgehead atoms. The number of hydrogen-bond donors (Lipinski definition) is 3. The van der Waals surface area contributed by atoms with Crippen LogP contribution in [0.5, 0.6) is 5.75 Å². The van der Waals surface area contributed by atoms with Gasteiger partial charge in [-0.05, 0) is 18.2 Å². The SMILES string of the molecule is COc1ccc(Cl)cc1NC(=O)CCN=C(N)N. The van der Waals surface area contributed by atoms with Crippen LogP contribution < -0.4 is 21.5 Å². The molecule has 1 amide bonds. The second-order valence-corrected chi connectivity index (χ2v) is 3.89. The predicted molar refractivity (Wildman–Crippen MR) is 71.9 cm³/mol. The van der Waals surface area contributed by atoms with Crippen molar-refractivity contribution in [2.24, 2.45) is 16.5 Å². The molecule has 0 aliphatic carbocycles. The number of methoxy groups -OCH3 is 1. The smallest absolute Gasteiger partial charge is 0.226 e. The number of halogens is 1. The lowest BCUT2D eigenvalue weighted by molar-refractivity contribution is -0.116. The summed E-state index contributed by atoms with van der Waals surface area (Å²) in [5.74, 6) is 0.276. The minimum atomic E-state index is -0.222. The molecular formula is C11H15ClN4O2. The van der Waals surface area contributed by atoms with Crippen molar-refractivity contribution in [2.45, 2.75) is 6.42 Å². The number of anilines is 1. The van der Waals surface area contributed by atoms with E-state index < -0.39 is 0 Å². The number of aliphatic imine (C=N–C) groups is 1. The molecule has 6 nitrogen and oxygen atoms in total. The van der Waals surface area contributed by atoms with Crippen LogP contribution in [-0.4, -0.2) is 25.5 Å². The second kappa shape index (κ2) is 6.70. The first-order valence-corrected chi connectivity index (χ1v) is 5.59. The number of nitrogens with one attached hydrogen (secondary N) is 1. The van der Waals surface area contributed by atoms with Crippen LogP contribution in [0.4, 0.5) is 5.69 Å². The fraction of sp³-hybridized carbons (Fsp3) is 0.273. The Kier molecular flexibility index (Phi) is 5.26. The summed E-state index contributed by atoms with van der Waals surface area (Å²) in [6, 6.07) is 4.96. The highest BCUT2D eigenvalue weighted by molar-refractivity contribution is 6.31. The molecule has 0 aliphatic rings. The van der Waals surface area contributed by atoms with E-state index in [2.05, 4.69) is 10.3 Å². The minimum absolute atomic E-state index is 0.0388. The normalized spacial score (nSPS) is 9.67. The first-order valence-electron chi connectivity index (χ1n) is 5.21. The molecule has 0 saturated heterocycles. The zero-order valence-electron chi connectivity index (χ0n) is 9.94. The van der Waals surface area contributed by atoms with Crippen molar-refractivity contribution in [2.75, 3.05) is 19.0 Å². The highest BCUT2D eigenvalue weighted by atomic mass is 35.5. The van der Waals surface area contributed by atoms with E-state index in [1.165, 1.54) is 7.11 Å². The molecule has 1 aromatic carbocycles. The molecular weight excluding hydrogens is 256 g/mol. The predicted octanol–water partition coefficient (Wildman–Crippen LogP) is 0.951. The Hall–Kier alpha value is -1.95. The summed E-state index contributed by atoms with van der Waals surface area (Å²) in [6.45, 7) is 0.233. The summed E-state index contributed by atoms with van der Waals surface area (Å²) in [5.41, 5.74) is 10.8. The van der Waals surface area contributed by atoms with Crippen LogP contribution in [0.25, 0.3) is 0 Å². The van der Waals surface area contributed by atoms with Crippen LogP contribution in [0, 0.1) is 0 Å². The van der Waals surface area contributed by atoms with E-state index in [1.807, 2.05) is 0 Å². The molecule has 0 unspecified atom stereocenters.